The van der Waals surface area contributed by atoms with Crippen LogP contribution < -0.4 is 10.2 Å². The molecule has 2 amide bonds. The first-order valence-corrected chi connectivity index (χ1v) is 10.1. The molecule has 144 valence electrons. The Balaban J connectivity index is 1.43. The van der Waals surface area contributed by atoms with E-state index in [1.807, 2.05) is 43.0 Å². The zero-order valence-corrected chi connectivity index (χ0v) is 17.1. The monoisotopic (exact) mass is 406 g/mol. The van der Waals surface area contributed by atoms with Crippen LogP contribution in [0.1, 0.15) is 23.4 Å². The van der Waals surface area contributed by atoms with Gasteiger partial charge in [0.15, 0.2) is 5.13 Å². The minimum atomic E-state index is -0.172. The molecule has 27 heavy (non-hydrogen) atoms. The Hall–Kier alpha value is -2.12. The zero-order chi connectivity index (χ0) is 19.4. The number of anilines is 2. The minimum Gasteiger partial charge on any atom is -0.368 e. The summed E-state index contributed by atoms with van der Waals surface area (Å²) in [5.74, 6) is -0.156. The second kappa shape index (κ2) is 8.71. The number of aryl methyl sites for hydroxylation is 2. The van der Waals surface area contributed by atoms with E-state index in [-0.39, 0.29) is 24.7 Å². The molecule has 1 fully saturated rings. The molecule has 0 radical (unpaired) electrons. The molecule has 1 aliphatic heterocycles. The number of benzene rings is 1. The summed E-state index contributed by atoms with van der Waals surface area (Å²) in [5.41, 5.74) is 1.99. The number of nitrogens with zero attached hydrogens (tertiary/aromatic N) is 3. The van der Waals surface area contributed by atoms with Gasteiger partial charge >= 0.3 is 0 Å². The maximum atomic E-state index is 12.4. The minimum absolute atomic E-state index is 0.0161. The molecule has 2 aromatic rings. The van der Waals surface area contributed by atoms with Crippen molar-refractivity contribution in [2.75, 3.05) is 36.4 Å². The molecule has 1 N–H and O–H groups in total. The van der Waals surface area contributed by atoms with Gasteiger partial charge in [0.1, 0.15) is 0 Å². The van der Waals surface area contributed by atoms with E-state index in [1.54, 1.807) is 0 Å². The Kier molecular flexibility index (Phi) is 6.34. The number of amides is 2. The van der Waals surface area contributed by atoms with Gasteiger partial charge in [0.2, 0.25) is 11.8 Å². The van der Waals surface area contributed by atoms with Gasteiger partial charge in [-0.3, -0.25) is 9.59 Å². The average molecular weight is 407 g/mol. The summed E-state index contributed by atoms with van der Waals surface area (Å²) in [5, 5.41) is 4.08. The van der Waals surface area contributed by atoms with Crippen molar-refractivity contribution in [2.45, 2.75) is 26.7 Å². The molecule has 0 atom stereocenters. The van der Waals surface area contributed by atoms with Crippen molar-refractivity contribution in [3.8, 4) is 0 Å². The third-order valence-electron chi connectivity index (χ3n) is 4.65. The molecule has 0 spiro atoms. The number of carbonyl (C=O) groups excluding carboxylic acids is 2. The van der Waals surface area contributed by atoms with Crippen molar-refractivity contribution in [1.29, 1.82) is 0 Å². The van der Waals surface area contributed by atoms with Crippen LogP contribution >= 0.6 is 22.9 Å². The Morgan fingerprint density at radius 2 is 1.93 bits per heavy atom. The number of rotatable bonds is 5. The molecule has 8 heteroatoms. The van der Waals surface area contributed by atoms with E-state index >= 15 is 0 Å². The quantitative estimate of drug-likeness (QED) is 0.825. The highest BCUT2D eigenvalue weighted by Gasteiger charge is 2.22. The summed E-state index contributed by atoms with van der Waals surface area (Å²) in [7, 11) is 0. The molecule has 0 saturated carbocycles. The van der Waals surface area contributed by atoms with Gasteiger partial charge in [0, 0.05) is 54.6 Å². The molecule has 1 aliphatic rings. The van der Waals surface area contributed by atoms with Crippen LogP contribution in [0.4, 0.5) is 10.8 Å². The van der Waals surface area contributed by atoms with Gasteiger partial charge in [-0.2, -0.15) is 0 Å². The Labute approximate surface area is 168 Å². The van der Waals surface area contributed by atoms with E-state index in [0.717, 1.165) is 29.3 Å². The molecular formula is C19H23ClN4O2S. The number of halogens is 1. The van der Waals surface area contributed by atoms with Crippen LogP contribution in [-0.2, 0) is 9.59 Å². The van der Waals surface area contributed by atoms with Crippen molar-refractivity contribution in [1.82, 2.24) is 9.88 Å². The lowest BCUT2D eigenvalue weighted by molar-refractivity contribution is -0.133. The van der Waals surface area contributed by atoms with Crippen molar-refractivity contribution in [3.05, 3.63) is 39.9 Å². The standard InChI is InChI=1S/C19H23ClN4O2S/c1-13-14(2)27-19(21-13)22-17(25)6-7-18(26)24-10-8-23(9-11-24)16-5-3-4-15(20)12-16/h3-5,12H,6-11H2,1-2H3,(H,21,22,25). The van der Waals surface area contributed by atoms with E-state index < -0.39 is 0 Å². The first kappa shape index (κ1) is 19.6. The molecule has 1 aromatic carbocycles. The van der Waals surface area contributed by atoms with Gasteiger partial charge in [-0.1, -0.05) is 17.7 Å². The molecule has 0 unspecified atom stereocenters. The highest BCUT2D eigenvalue weighted by atomic mass is 35.5. The fraction of sp³-hybridized carbons (Fsp3) is 0.421. The van der Waals surface area contributed by atoms with E-state index in [9.17, 15) is 9.59 Å². The summed E-state index contributed by atoms with van der Waals surface area (Å²) < 4.78 is 0. The lowest BCUT2D eigenvalue weighted by atomic mass is 10.2. The third-order valence-corrected chi connectivity index (χ3v) is 5.87. The molecule has 6 nitrogen and oxygen atoms in total. The Morgan fingerprint density at radius 3 is 2.56 bits per heavy atom. The van der Waals surface area contributed by atoms with Crippen molar-refractivity contribution >= 4 is 45.6 Å². The van der Waals surface area contributed by atoms with Crippen LogP contribution in [0.2, 0.25) is 5.02 Å². The normalized spacial score (nSPS) is 14.3. The molecule has 2 heterocycles. The van der Waals surface area contributed by atoms with Crippen molar-refractivity contribution in [3.63, 3.8) is 0 Å². The van der Waals surface area contributed by atoms with Crippen LogP contribution in [0, 0.1) is 13.8 Å². The Bertz CT molecular complexity index is 811. The van der Waals surface area contributed by atoms with E-state index in [2.05, 4.69) is 15.2 Å². The van der Waals surface area contributed by atoms with Crippen LogP contribution in [-0.4, -0.2) is 47.9 Å². The number of thiazole rings is 1. The summed E-state index contributed by atoms with van der Waals surface area (Å²) in [6.45, 7) is 6.70. The second-order valence-corrected chi connectivity index (χ2v) is 8.20. The maximum absolute atomic E-state index is 12.4. The molecule has 0 aliphatic carbocycles. The summed E-state index contributed by atoms with van der Waals surface area (Å²) in [6, 6.07) is 7.74. The summed E-state index contributed by atoms with van der Waals surface area (Å²) in [4.78, 5) is 33.9. The van der Waals surface area contributed by atoms with E-state index in [4.69, 9.17) is 11.6 Å². The van der Waals surface area contributed by atoms with Crippen LogP contribution in [0.15, 0.2) is 24.3 Å². The molecule has 1 aromatic heterocycles. The van der Waals surface area contributed by atoms with Crippen LogP contribution in [0.5, 0.6) is 0 Å². The topological polar surface area (TPSA) is 65.5 Å². The zero-order valence-electron chi connectivity index (χ0n) is 15.5. The fourth-order valence-corrected chi connectivity index (χ4v) is 3.99. The second-order valence-electron chi connectivity index (χ2n) is 6.56. The van der Waals surface area contributed by atoms with Crippen LogP contribution in [0.3, 0.4) is 0 Å². The summed E-state index contributed by atoms with van der Waals surface area (Å²) in [6.07, 6.45) is 0.386. The number of aromatic nitrogens is 1. The number of piperazine rings is 1. The highest BCUT2D eigenvalue weighted by molar-refractivity contribution is 7.15. The molecule has 3 rings (SSSR count). The van der Waals surface area contributed by atoms with Gasteiger partial charge in [-0.25, -0.2) is 4.98 Å². The smallest absolute Gasteiger partial charge is 0.226 e. The highest BCUT2D eigenvalue weighted by Crippen LogP contribution is 2.22. The van der Waals surface area contributed by atoms with E-state index in [0.29, 0.717) is 23.2 Å². The lowest BCUT2D eigenvalue weighted by Crippen LogP contribution is -2.48. The largest absolute Gasteiger partial charge is 0.368 e. The third kappa shape index (κ3) is 5.20. The predicted octanol–water partition coefficient (Wildman–Crippen LogP) is 3.48. The fourth-order valence-electron chi connectivity index (χ4n) is 2.97. The van der Waals surface area contributed by atoms with Crippen molar-refractivity contribution < 1.29 is 9.59 Å². The Morgan fingerprint density at radius 1 is 1.19 bits per heavy atom. The van der Waals surface area contributed by atoms with Crippen molar-refractivity contribution in [2.24, 2.45) is 0 Å². The average Bonchev–Trinajstić information content (AvgIpc) is 2.97. The SMILES string of the molecule is Cc1nc(NC(=O)CCC(=O)N2CCN(c3cccc(Cl)c3)CC2)sc1C. The molecule has 1 saturated heterocycles. The molecular weight excluding hydrogens is 384 g/mol. The van der Waals surface area contributed by atoms with Gasteiger partial charge < -0.3 is 15.1 Å². The van der Waals surface area contributed by atoms with Gasteiger partial charge in [0.05, 0.1) is 5.69 Å². The lowest BCUT2D eigenvalue weighted by Gasteiger charge is -2.36. The van der Waals surface area contributed by atoms with Gasteiger partial charge in [0.25, 0.3) is 0 Å². The predicted molar refractivity (Wildman–Crippen MR) is 110 cm³/mol. The summed E-state index contributed by atoms with van der Waals surface area (Å²) >= 11 is 7.50. The maximum Gasteiger partial charge on any atom is 0.226 e. The van der Waals surface area contributed by atoms with E-state index in [1.165, 1.54) is 11.3 Å². The first-order valence-electron chi connectivity index (χ1n) is 8.94. The number of hydrogen-bond acceptors (Lipinski definition) is 5. The number of carbonyl (C=O) groups is 2. The number of nitrogens with one attached hydrogen (secondary N) is 1. The number of hydrogen-bond donors (Lipinski definition) is 1. The molecule has 0 bridgehead atoms. The van der Waals surface area contributed by atoms with Gasteiger partial charge in [-0.15, -0.1) is 11.3 Å². The first-order chi connectivity index (χ1) is 12.9. The van der Waals surface area contributed by atoms with Gasteiger partial charge in [-0.05, 0) is 32.0 Å². The van der Waals surface area contributed by atoms with Crippen LogP contribution in [0.25, 0.3) is 0 Å².